The van der Waals surface area contributed by atoms with E-state index in [0.717, 1.165) is 34.2 Å². The van der Waals surface area contributed by atoms with Crippen molar-refractivity contribution < 1.29 is 0 Å². The molecule has 0 amide bonds. The van der Waals surface area contributed by atoms with Crippen molar-refractivity contribution in [1.29, 1.82) is 0 Å². The topological polar surface area (TPSA) is 30.7 Å². The Morgan fingerprint density at radius 1 is 1.17 bits per heavy atom. The number of hydrogen-bond donors (Lipinski definition) is 0. The minimum absolute atomic E-state index is 0.879. The van der Waals surface area contributed by atoms with E-state index in [9.17, 15) is 0 Å². The Balaban J connectivity index is 1.77. The first-order valence-corrected chi connectivity index (χ1v) is 10.7. The van der Waals surface area contributed by atoms with Crippen molar-refractivity contribution in [3.63, 3.8) is 0 Å². The van der Waals surface area contributed by atoms with Gasteiger partial charge in [-0.2, -0.15) is 0 Å². The van der Waals surface area contributed by atoms with Gasteiger partial charge in [0.05, 0.1) is 0 Å². The van der Waals surface area contributed by atoms with Crippen LogP contribution in [0.1, 0.15) is 30.7 Å². The normalized spacial score (nSPS) is 11.1. The molecule has 0 aliphatic carbocycles. The zero-order chi connectivity index (χ0) is 16.9. The molecule has 1 aromatic carbocycles. The van der Waals surface area contributed by atoms with Crippen LogP contribution in [0.15, 0.2) is 45.3 Å². The highest BCUT2D eigenvalue weighted by atomic mass is 79.9. The SMILES string of the molecule is CCCc1cc(-c2nnc(SCc3ccc(Br)cc3)n2CC)cs1. The molecule has 0 aliphatic heterocycles. The molecule has 0 aliphatic rings. The van der Waals surface area contributed by atoms with Crippen LogP contribution in [-0.2, 0) is 18.7 Å². The minimum atomic E-state index is 0.879. The van der Waals surface area contributed by atoms with E-state index in [-0.39, 0.29) is 0 Å². The second-order valence-electron chi connectivity index (χ2n) is 5.52. The molecule has 0 radical (unpaired) electrons. The predicted molar refractivity (Wildman–Crippen MR) is 107 cm³/mol. The molecule has 0 N–H and O–H groups in total. The van der Waals surface area contributed by atoms with Crippen molar-refractivity contribution >= 4 is 39.0 Å². The molecule has 0 unspecified atom stereocenters. The third-order valence-corrected chi connectivity index (χ3v) is 6.29. The van der Waals surface area contributed by atoms with Gasteiger partial charge in [-0.1, -0.05) is 53.2 Å². The van der Waals surface area contributed by atoms with Gasteiger partial charge in [0, 0.05) is 32.6 Å². The monoisotopic (exact) mass is 421 g/mol. The van der Waals surface area contributed by atoms with Crippen LogP contribution in [0.5, 0.6) is 0 Å². The van der Waals surface area contributed by atoms with E-state index >= 15 is 0 Å². The second-order valence-corrected chi connectivity index (χ2v) is 8.37. The number of aromatic nitrogens is 3. The average Bonchev–Trinajstić information content (AvgIpc) is 3.21. The summed E-state index contributed by atoms with van der Waals surface area (Å²) in [5, 5.41) is 12.1. The summed E-state index contributed by atoms with van der Waals surface area (Å²) < 4.78 is 3.32. The largest absolute Gasteiger partial charge is 0.302 e. The fourth-order valence-electron chi connectivity index (χ4n) is 2.50. The predicted octanol–water partition coefficient (Wildman–Crippen LogP) is 6.03. The van der Waals surface area contributed by atoms with E-state index in [1.807, 2.05) is 11.3 Å². The van der Waals surface area contributed by atoms with Crippen molar-refractivity contribution in [2.45, 2.75) is 44.1 Å². The number of hydrogen-bond acceptors (Lipinski definition) is 4. The van der Waals surface area contributed by atoms with Crippen LogP contribution < -0.4 is 0 Å². The lowest BCUT2D eigenvalue weighted by atomic mass is 10.2. The zero-order valence-electron chi connectivity index (χ0n) is 13.8. The van der Waals surface area contributed by atoms with Gasteiger partial charge in [-0.3, -0.25) is 0 Å². The number of thiophene rings is 1. The Kier molecular flexibility index (Phi) is 6.14. The van der Waals surface area contributed by atoms with Gasteiger partial charge >= 0.3 is 0 Å². The third-order valence-electron chi connectivity index (χ3n) is 3.72. The van der Waals surface area contributed by atoms with Gasteiger partial charge in [-0.05, 0) is 37.1 Å². The molecular formula is C18H20BrN3S2. The van der Waals surface area contributed by atoms with Crippen LogP contribution in [0.3, 0.4) is 0 Å². The summed E-state index contributed by atoms with van der Waals surface area (Å²) in [6, 6.07) is 10.7. The molecule has 0 spiro atoms. The summed E-state index contributed by atoms with van der Waals surface area (Å²) in [6.45, 7) is 5.24. The maximum absolute atomic E-state index is 4.45. The Morgan fingerprint density at radius 2 is 1.96 bits per heavy atom. The Bertz CT molecular complexity index is 793. The quantitative estimate of drug-likeness (QED) is 0.436. The maximum atomic E-state index is 4.45. The van der Waals surface area contributed by atoms with Crippen LogP contribution in [0.2, 0.25) is 0 Å². The van der Waals surface area contributed by atoms with Crippen molar-refractivity contribution in [1.82, 2.24) is 14.8 Å². The molecule has 0 saturated carbocycles. The van der Waals surface area contributed by atoms with Crippen molar-refractivity contribution in [2.75, 3.05) is 0 Å². The maximum Gasteiger partial charge on any atom is 0.191 e. The van der Waals surface area contributed by atoms with Crippen LogP contribution in [0.25, 0.3) is 11.4 Å². The van der Waals surface area contributed by atoms with Gasteiger partial charge in [0.1, 0.15) is 0 Å². The molecule has 6 heteroatoms. The van der Waals surface area contributed by atoms with E-state index in [4.69, 9.17) is 0 Å². The first-order valence-electron chi connectivity index (χ1n) is 8.09. The highest BCUT2D eigenvalue weighted by Crippen LogP contribution is 2.29. The molecule has 3 aromatic rings. The number of halogens is 1. The number of nitrogens with zero attached hydrogens (tertiary/aromatic N) is 3. The van der Waals surface area contributed by atoms with Gasteiger partial charge in [0.15, 0.2) is 11.0 Å². The smallest absolute Gasteiger partial charge is 0.191 e. The number of rotatable bonds is 7. The van der Waals surface area contributed by atoms with E-state index in [0.29, 0.717) is 0 Å². The van der Waals surface area contributed by atoms with Gasteiger partial charge in [-0.25, -0.2) is 0 Å². The first-order chi connectivity index (χ1) is 11.7. The van der Waals surface area contributed by atoms with Crippen LogP contribution in [0.4, 0.5) is 0 Å². The fourth-order valence-corrected chi connectivity index (χ4v) is 4.69. The molecule has 0 saturated heterocycles. The van der Waals surface area contributed by atoms with Gasteiger partial charge in [0.2, 0.25) is 0 Å². The summed E-state index contributed by atoms with van der Waals surface area (Å²) in [4.78, 5) is 1.42. The highest BCUT2D eigenvalue weighted by molar-refractivity contribution is 9.10. The highest BCUT2D eigenvalue weighted by Gasteiger charge is 2.14. The molecule has 0 atom stereocenters. The van der Waals surface area contributed by atoms with Crippen molar-refractivity contribution in [2.24, 2.45) is 0 Å². The van der Waals surface area contributed by atoms with E-state index in [1.54, 1.807) is 11.8 Å². The van der Waals surface area contributed by atoms with Crippen molar-refractivity contribution in [3.8, 4) is 11.4 Å². The van der Waals surface area contributed by atoms with Gasteiger partial charge < -0.3 is 4.57 Å². The lowest BCUT2D eigenvalue weighted by molar-refractivity contribution is 0.687. The van der Waals surface area contributed by atoms with Crippen molar-refractivity contribution in [3.05, 3.63) is 50.6 Å². The van der Waals surface area contributed by atoms with Crippen LogP contribution >= 0.6 is 39.0 Å². The van der Waals surface area contributed by atoms with Gasteiger partial charge in [-0.15, -0.1) is 21.5 Å². The summed E-state index contributed by atoms with van der Waals surface area (Å²) in [6.07, 6.45) is 2.31. The molecule has 3 rings (SSSR count). The molecule has 2 heterocycles. The molecule has 2 aromatic heterocycles. The zero-order valence-corrected chi connectivity index (χ0v) is 17.0. The molecular weight excluding hydrogens is 402 g/mol. The van der Waals surface area contributed by atoms with Gasteiger partial charge in [0.25, 0.3) is 0 Å². The van der Waals surface area contributed by atoms with E-state index < -0.39 is 0 Å². The second kappa shape index (κ2) is 8.32. The minimum Gasteiger partial charge on any atom is -0.302 e. The van der Waals surface area contributed by atoms with E-state index in [2.05, 4.69) is 80.3 Å². The number of benzene rings is 1. The summed E-state index contributed by atoms with van der Waals surface area (Å²) in [5.74, 6) is 1.88. The molecule has 3 nitrogen and oxygen atoms in total. The Labute approximate surface area is 159 Å². The molecule has 24 heavy (non-hydrogen) atoms. The van der Waals surface area contributed by atoms with Crippen LogP contribution in [-0.4, -0.2) is 14.8 Å². The Morgan fingerprint density at radius 3 is 2.67 bits per heavy atom. The lowest BCUT2D eigenvalue weighted by Gasteiger charge is -2.06. The fraction of sp³-hybridized carbons (Fsp3) is 0.333. The first kappa shape index (κ1) is 17.7. The van der Waals surface area contributed by atoms with Crippen LogP contribution in [0, 0.1) is 0 Å². The summed E-state index contributed by atoms with van der Waals surface area (Å²) in [5.41, 5.74) is 2.48. The number of aryl methyl sites for hydroxylation is 1. The lowest BCUT2D eigenvalue weighted by Crippen LogP contribution is -1.99. The molecule has 0 bridgehead atoms. The average molecular weight is 422 g/mol. The molecule has 126 valence electrons. The summed E-state index contributed by atoms with van der Waals surface area (Å²) >= 11 is 7.03. The summed E-state index contributed by atoms with van der Waals surface area (Å²) in [7, 11) is 0. The standard InChI is InChI=1S/C18H20BrN3S2/c1-3-5-16-10-14(12-23-16)17-20-21-18(22(17)4-2)24-11-13-6-8-15(19)9-7-13/h6-10,12H,3-5,11H2,1-2H3. The Hall–Kier alpha value is -1.11. The molecule has 0 fully saturated rings. The third kappa shape index (κ3) is 4.10. The van der Waals surface area contributed by atoms with E-state index in [1.165, 1.54) is 22.4 Å². The number of thioether (sulfide) groups is 1.